The zero-order valence-electron chi connectivity index (χ0n) is 11.0. The van der Waals surface area contributed by atoms with E-state index in [1.165, 1.54) is 12.8 Å². The SMILES string of the molecule is CC1CN(C)CCCN1C(=O)CC1(CS)CC1. The lowest BCUT2D eigenvalue weighted by molar-refractivity contribution is -0.134. The first-order chi connectivity index (χ1) is 8.06. The van der Waals surface area contributed by atoms with E-state index in [9.17, 15) is 4.79 Å². The predicted octanol–water partition coefficient (Wildman–Crippen LogP) is 1.64. The molecule has 1 amide bonds. The zero-order valence-corrected chi connectivity index (χ0v) is 11.9. The highest BCUT2D eigenvalue weighted by Gasteiger charge is 2.44. The summed E-state index contributed by atoms with van der Waals surface area (Å²) >= 11 is 4.38. The number of hydrogen-bond donors (Lipinski definition) is 1. The molecule has 3 nitrogen and oxygen atoms in total. The average Bonchev–Trinajstić information content (AvgIpc) is 3.04. The van der Waals surface area contributed by atoms with Crippen molar-refractivity contribution in [3.63, 3.8) is 0 Å². The molecule has 17 heavy (non-hydrogen) atoms. The Morgan fingerprint density at radius 3 is 2.71 bits per heavy atom. The Balaban J connectivity index is 1.93. The minimum atomic E-state index is 0.248. The summed E-state index contributed by atoms with van der Waals surface area (Å²) in [5, 5.41) is 0. The first kappa shape index (κ1) is 13.2. The van der Waals surface area contributed by atoms with E-state index < -0.39 is 0 Å². The molecule has 0 aromatic heterocycles. The second-order valence-electron chi connectivity index (χ2n) is 5.89. The van der Waals surface area contributed by atoms with Gasteiger partial charge in [0.05, 0.1) is 0 Å². The predicted molar refractivity (Wildman–Crippen MR) is 73.4 cm³/mol. The molecule has 1 saturated heterocycles. The fraction of sp³-hybridized carbons (Fsp3) is 0.923. The molecular formula is C13H24N2OS. The fourth-order valence-electron chi connectivity index (χ4n) is 2.73. The van der Waals surface area contributed by atoms with E-state index in [2.05, 4.69) is 36.4 Å². The number of amides is 1. The highest BCUT2D eigenvalue weighted by atomic mass is 32.1. The van der Waals surface area contributed by atoms with Gasteiger partial charge in [-0.25, -0.2) is 0 Å². The van der Waals surface area contributed by atoms with Crippen molar-refractivity contribution in [3.8, 4) is 0 Å². The molecule has 0 bridgehead atoms. The summed E-state index contributed by atoms with van der Waals surface area (Å²) in [6, 6.07) is 0.353. The highest BCUT2D eigenvalue weighted by Crippen LogP contribution is 2.49. The fourth-order valence-corrected chi connectivity index (χ4v) is 3.16. The molecule has 2 fully saturated rings. The quantitative estimate of drug-likeness (QED) is 0.776. The molecule has 1 atom stereocenters. The van der Waals surface area contributed by atoms with Gasteiger partial charge in [-0.1, -0.05) is 0 Å². The molecular weight excluding hydrogens is 232 g/mol. The van der Waals surface area contributed by atoms with Gasteiger partial charge < -0.3 is 9.80 Å². The first-order valence-corrected chi connectivity index (χ1v) is 7.28. The standard InChI is InChI=1S/C13H24N2OS/c1-11-9-14(2)6-3-7-15(11)12(16)8-13(10-17)4-5-13/h11,17H,3-10H2,1-2H3. The normalized spacial score (nSPS) is 28.9. The van der Waals surface area contributed by atoms with Gasteiger partial charge in [0.25, 0.3) is 0 Å². The minimum Gasteiger partial charge on any atom is -0.339 e. The number of carbonyl (C=O) groups is 1. The van der Waals surface area contributed by atoms with Crippen LogP contribution in [0.15, 0.2) is 0 Å². The van der Waals surface area contributed by atoms with E-state index in [4.69, 9.17) is 0 Å². The Hall–Kier alpha value is -0.220. The van der Waals surface area contributed by atoms with Gasteiger partial charge in [0.1, 0.15) is 0 Å². The molecule has 98 valence electrons. The third-order valence-electron chi connectivity index (χ3n) is 4.19. The molecule has 4 heteroatoms. The molecule has 2 rings (SSSR count). The number of likely N-dealkylation sites (N-methyl/N-ethyl adjacent to an activating group) is 1. The summed E-state index contributed by atoms with van der Waals surface area (Å²) in [6.45, 7) is 5.19. The molecule has 2 aliphatic rings. The number of rotatable bonds is 3. The summed E-state index contributed by atoms with van der Waals surface area (Å²) < 4.78 is 0. The van der Waals surface area contributed by atoms with E-state index in [0.717, 1.165) is 31.8 Å². The Labute approximate surface area is 110 Å². The van der Waals surface area contributed by atoms with E-state index in [1.807, 2.05) is 0 Å². The van der Waals surface area contributed by atoms with Crippen LogP contribution in [0.3, 0.4) is 0 Å². The number of nitrogens with zero attached hydrogens (tertiary/aromatic N) is 2. The van der Waals surface area contributed by atoms with E-state index in [0.29, 0.717) is 18.4 Å². The summed E-state index contributed by atoms with van der Waals surface area (Å²) in [5.74, 6) is 1.21. The van der Waals surface area contributed by atoms with Crippen LogP contribution >= 0.6 is 12.6 Å². The van der Waals surface area contributed by atoms with Gasteiger partial charge in [-0.15, -0.1) is 0 Å². The monoisotopic (exact) mass is 256 g/mol. The van der Waals surface area contributed by atoms with Crippen molar-refractivity contribution in [2.45, 2.75) is 38.6 Å². The van der Waals surface area contributed by atoms with Crippen molar-refractivity contribution < 1.29 is 4.79 Å². The molecule has 0 N–H and O–H groups in total. The second kappa shape index (κ2) is 5.19. The number of carbonyl (C=O) groups excluding carboxylic acids is 1. The Kier molecular flexibility index (Phi) is 4.03. The Bertz CT molecular complexity index is 291. The smallest absolute Gasteiger partial charge is 0.223 e. The molecule has 1 heterocycles. The lowest BCUT2D eigenvalue weighted by Crippen LogP contribution is -2.42. The topological polar surface area (TPSA) is 23.6 Å². The van der Waals surface area contributed by atoms with Crippen molar-refractivity contribution in [3.05, 3.63) is 0 Å². The van der Waals surface area contributed by atoms with Crippen LogP contribution in [-0.2, 0) is 4.79 Å². The van der Waals surface area contributed by atoms with Crippen LogP contribution in [0.25, 0.3) is 0 Å². The largest absolute Gasteiger partial charge is 0.339 e. The molecule has 1 aliphatic heterocycles. The van der Waals surface area contributed by atoms with Gasteiger partial charge in [-0.05, 0) is 50.9 Å². The first-order valence-electron chi connectivity index (χ1n) is 6.65. The van der Waals surface area contributed by atoms with Crippen molar-refractivity contribution in [2.75, 3.05) is 32.4 Å². The van der Waals surface area contributed by atoms with Crippen molar-refractivity contribution in [1.82, 2.24) is 9.80 Å². The van der Waals surface area contributed by atoms with Crippen LogP contribution < -0.4 is 0 Å². The third kappa shape index (κ3) is 3.16. The molecule has 0 spiro atoms. The lowest BCUT2D eigenvalue weighted by Gasteiger charge is -2.29. The van der Waals surface area contributed by atoms with Crippen LogP contribution in [0.2, 0.25) is 0 Å². The van der Waals surface area contributed by atoms with Gasteiger partial charge in [0, 0.05) is 25.6 Å². The van der Waals surface area contributed by atoms with Gasteiger partial charge in [0.2, 0.25) is 5.91 Å². The third-order valence-corrected chi connectivity index (χ3v) is 4.86. The van der Waals surface area contributed by atoms with Crippen LogP contribution in [0.5, 0.6) is 0 Å². The minimum absolute atomic E-state index is 0.248. The van der Waals surface area contributed by atoms with Gasteiger partial charge in [0.15, 0.2) is 0 Å². The van der Waals surface area contributed by atoms with Crippen molar-refractivity contribution in [2.24, 2.45) is 5.41 Å². The van der Waals surface area contributed by atoms with Gasteiger partial charge in [-0.2, -0.15) is 12.6 Å². The summed E-state index contributed by atoms with van der Waals surface area (Å²) in [5.41, 5.74) is 0.248. The number of thiol groups is 1. The van der Waals surface area contributed by atoms with E-state index in [1.54, 1.807) is 0 Å². The van der Waals surface area contributed by atoms with E-state index >= 15 is 0 Å². The van der Waals surface area contributed by atoms with Crippen LogP contribution in [0.1, 0.15) is 32.6 Å². The highest BCUT2D eigenvalue weighted by molar-refractivity contribution is 7.80. The van der Waals surface area contributed by atoms with E-state index in [-0.39, 0.29) is 5.41 Å². The maximum absolute atomic E-state index is 12.4. The van der Waals surface area contributed by atoms with Crippen molar-refractivity contribution in [1.29, 1.82) is 0 Å². The van der Waals surface area contributed by atoms with Crippen LogP contribution in [0.4, 0.5) is 0 Å². The van der Waals surface area contributed by atoms with Crippen LogP contribution in [0, 0.1) is 5.41 Å². The van der Waals surface area contributed by atoms with Gasteiger partial charge in [-0.3, -0.25) is 4.79 Å². The second-order valence-corrected chi connectivity index (χ2v) is 6.20. The maximum atomic E-state index is 12.4. The average molecular weight is 256 g/mol. The Morgan fingerprint density at radius 1 is 1.41 bits per heavy atom. The molecule has 0 aromatic rings. The maximum Gasteiger partial charge on any atom is 0.223 e. The lowest BCUT2D eigenvalue weighted by atomic mass is 10.0. The summed E-state index contributed by atoms with van der Waals surface area (Å²) in [6.07, 6.45) is 4.18. The number of hydrogen-bond acceptors (Lipinski definition) is 3. The summed E-state index contributed by atoms with van der Waals surface area (Å²) in [7, 11) is 2.14. The zero-order chi connectivity index (χ0) is 12.5. The molecule has 1 aliphatic carbocycles. The van der Waals surface area contributed by atoms with Gasteiger partial charge >= 0.3 is 0 Å². The molecule has 1 saturated carbocycles. The summed E-state index contributed by atoms with van der Waals surface area (Å²) in [4.78, 5) is 16.8. The van der Waals surface area contributed by atoms with Crippen molar-refractivity contribution >= 4 is 18.5 Å². The molecule has 0 radical (unpaired) electrons. The Morgan fingerprint density at radius 2 is 2.12 bits per heavy atom. The van der Waals surface area contributed by atoms with Crippen LogP contribution in [-0.4, -0.2) is 54.2 Å². The molecule has 1 unspecified atom stereocenters. The molecule has 0 aromatic carbocycles.